The smallest absolute Gasteiger partial charge is 0.306 e. The van der Waals surface area contributed by atoms with Gasteiger partial charge in [-0.15, -0.1) is 0 Å². The molecule has 65 valence electrons. The molecule has 1 atom stereocenters. The van der Waals surface area contributed by atoms with E-state index in [1.165, 1.54) is 0 Å². The molecule has 0 bridgehead atoms. The van der Waals surface area contributed by atoms with Crippen LogP contribution in [0.25, 0.3) is 0 Å². The monoisotopic (exact) mass is 157 g/mol. The lowest BCUT2D eigenvalue weighted by atomic mass is 10.1. The summed E-state index contributed by atoms with van der Waals surface area (Å²) in [7, 11) is 0. The van der Waals surface area contributed by atoms with Crippen LogP contribution < -0.4 is 0 Å². The number of carbonyl (C=O) groups excluding carboxylic acids is 1. The van der Waals surface area contributed by atoms with Gasteiger partial charge in [0.2, 0.25) is 0 Å². The maximum Gasteiger partial charge on any atom is 0.306 e. The minimum Gasteiger partial charge on any atom is -0.465 e. The first-order valence-corrected chi connectivity index (χ1v) is 4.14. The van der Waals surface area contributed by atoms with Crippen LogP contribution in [-0.4, -0.2) is 12.6 Å². The first-order valence-electron chi connectivity index (χ1n) is 4.14. The third-order valence-electron chi connectivity index (χ3n) is 1.62. The molecular weight excluding hydrogens is 140 g/mol. The first-order chi connectivity index (χ1) is 5.20. The predicted molar refractivity (Wildman–Crippen MR) is 45.0 cm³/mol. The molecular formula is C9H17O2. The van der Waals surface area contributed by atoms with Gasteiger partial charge in [0.1, 0.15) is 0 Å². The Hall–Kier alpha value is -0.530. The van der Waals surface area contributed by atoms with Crippen LogP contribution in [0, 0.1) is 12.3 Å². The third-order valence-corrected chi connectivity index (χ3v) is 1.62. The van der Waals surface area contributed by atoms with Gasteiger partial charge in [-0.2, -0.15) is 0 Å². The van der Waals surface area contributed by atoms with Crippen LogP contribution in [-0.2, 0) is 9.53 Å². The maximum absolute atomic E-state index is 10.9. The highest BCUT2D eigenvalue weighted by molar-refractivity contribution is 5.69. The molecule has 0 saturated heterocycles. The molecule has 0 aromatic rings. The summed E-state index contributed by atoms with van der Waals surface area (Å²) >= 11 is 0. The van der Waals surface area contributed by atoms with E-state index < -0.39 is 0 Å². The SMILES string of the molecule is C[CH]COC(=O)CC(C)CC. The number of carbonyl (C=O) groups is 1. The van der Waals surface area contributed by atoms with E-state index in [1.807, 2.05) is 13.3 Å². The molecule has 0 aromatic carbocycles. The molecule has 0 aromatic heterocycles. The van der Waals surface area contributed by atoms with E-state index in [-0.39, 0.29) is 5.97 Å². The number of hydrogen-bond acceptors (Lipinski definition) is 2. The molecule has 2 heteroatoms. The van der Waals surface area contributed by atoms with E-state index in [0.717, 1.165) is 6.42 Å². The molecule has 2 nitrogen and oxygen atoms in total. The van der Waals surface area contributed by atoms with Crippen LogP contribution in [0.4, 0.5) is 0 Å². The topological polar surface area (TPSA) is 26.3 Å². The van der Waals surface area contributed by atoms with Gasteiger partial charge in [-0.25, -0.2) is 0 Å². The number of esters is 1. The molecule has 1 radical (unpaired) electrons. The summed E-state index contributed by atoms with van der Waals surface area (Å²) in [5.41, 5.74) is 0. The second kappa shape index (κ2) is 6.20. The highest BCUT2D eigenvalue weighted by atomic mass is 16.5. The molecule has 0 rings (SSSR count). The summed E-state index contributed by atoms with van der Waals surface area (Å²) in [5, 5.41) is 0. The van der Waals surface area contributed by atoms with Crippen molar-refractivity contribution < 1.29 is 9.53 Å². The second-order valence-electron chi connectivity index (χ2n) is 2.81. The van der Waals surface area contributed by atoms with E-state index in [1.54, 1.807) is 0 Å². The zero-order chi connectivity index (χ0) is 8.69. The number of hydrogen-bond donors (Lipinski definition) is 0. The Morgan fingerprint density at radius 3 is 2.73 bits per heavy atom. The van der Waals surface area contributed by atoms with Crippen molar-refractivity contribution in [1.29, 1.82) is 0 Å². The maximum atomic E-state index is 10.9. The second-order valence-corrected chi connectivity index (χ2v) is 2.81. The van der Waals surface area contributed by atoms with Gasteiger partial charge < -0.3 is 4.74 Å². The van der Waals surface area contributed by atoms with Crippen LogP contribution in [0.2, 0.25) is 0 Å². The number of ether oxygens (including phenoxy) is 1. The van der Waals surface area contributed by atoms with Crippen molar-refractivity contribution in [2.75, 3.05) is 6.61 Å². The fourth-order valence-corrected chi connectivity index (χ4v) is 0.664. The summed E-state index contributed by atoms with van der Waals surface area (Å²) in [5.74, 6) is 0.358. The molecule has 0 fully saturated rings. The van der Waals surface area contributed by atoms with Crippen LogP contribution in [0.15, 0.2) is 0 Å². The normalized spacial score (nSPS) is 12.6. The Morgan fingerprint density at radius 2 is 2.27 bits per heavy atom. The number of rotatable bonds is 5. The summed E-state index contributed by atoms with van der Waals surface area (Å²) in [6.45, 7) is 6.44. The lowest BCUT2D eigenvalue weighted by molar-refractivity contribution is -0.143. The van der Waals surface area contributed by atoms with Crippen molar-refractivity contribution in [3.05, 3.63) is 6.42 Å². The molecule has 0 aliphatic carbocycles. The van der Waals surface area contributed by atoms with E-state index in [4.69, 9.17) is 4.74 Å². The van der Waals surface area contributed by atoms with E-state index in [2.05, 4.69) is 13.8 Å². The molecule has 11 heavy (non-hydrogen) atoms. The van der Waals surface area contributed by atoms with E-state index in [0.29, 0.717) is 18.9 Å². The molecule has 0 heterocycles. The van der Waals surface area contributed by atoms with Gasteiger partial charge >= 0.3 is 5.97 Å². The predicted octanol–water partition coefficient (Wildman–Crippen LogP) is 2.19. The summed E-state index contributed by atoms with van der Waals surface area (Å²) in [4.78, 5) is 10.9. The molecule has 1 unspecified atom stereocenters. The quantitative estimate of drug-likeness (QED) is 0.572. The van der Waals surface area contributed by atoms with Crippen LogP contribution in [0.5, 0.6) is 0 Å². The van der Waals surface area contributed by atoms with Crippen molar-refractivity contribution in [3.63, 3.8) is 0 Å². The lowest BCUT2D eigenvalue weighted by Crippen LogP contribution is -2.09. The van der Waals surface area contributed by atoms with Gasteiger partial charge in [0.25, 0.3) is 0 Å². The summed E-state index contributed by atoms with van der Waals surface area (Å²) in [6.07, 6.45) is 3.41. The van der Waals surface area contributed by atoms with Gasteiger partial charge in [0.05, 0.1) is 6.61 Å². The molecule has 0 aliphatic heterocycles. The summed E-state index contributed by atoms with van der Waals surface area (Å²) in [6, 6.07) is 0. The average molecular weight is 157 g/mol. The minimum atomic E-state index is -0.0857. The zero-order valence-corrected chi connectivity index (χ0v) is 7.59. The fourth-order valence-electron chi connectivity index (χ4n) is 0.664. The van der Waals surface area contributed by atoms with Gasteiger partial charge in [-0.1, -0.05) is 27.2 Å². The highest BCUT2D eigenvalue weighted by Gasteiger charge is 2.07. The standard InChI is InChI=1S/C9H17O2/c1-4-6-11-9(10)7-8(3)5-2/h4,8H,5-7H2,1-3H3. The Bertz CT molecular complexity index is 110. The zero-order valence-electron chi connectivity index (χ0n) is 7.59. The van der Waals surface area contributed by atoms with Crippen molar-refractivity contribution in [3.8, 4) is 0 Å². The van der Waals surface area contributed by atoms with Gasteiger partial charge in [0, 0.05) is 6.42 Å². The Balaban J connectivity index is 3.36. The van der Waals surface area contributed by atoms with Crippen LogP contribution in [0.1, 0.15) is 33.6 Å². The lowest BCUT2D eigenvalue weighted by Gasteiger charge is -2.06. The molecule has 0 spiro atoms. The van der Waals surface area contributed by atoms with Gasteiger partial charge in [-0.05, 0) is 12.3 Å². The van der Waals surface area contributed by atoms with E-state index in [9.17, 15) is 4.79 Å². The van der Waals surface area contributed by atoms with Crippen molar-refractivity contribution >= 4 is 5.97 Å². The van der Waals surface area contributed by atoms with Crippen molar-refractivity contribution in [2.45, 2.75) is 33.6 Å². The van der Waals surface area contributed by atoms with Crippen LogP contribution in [0.3, 0.4) is 0 Å². The van der Waals surface area contributed by atoms with Crippen molar-refractivity contribution in [2.24, 2.45) is 5.92 Å². The fraction of sp³-hybridized carbons (Fsp3) is 0.778. The van der Waals surface area contributed by atoms with Gasteiger partial charge in [0.15, 0.2) is 0 Å². The molecule has 0 amide bonds. The largest absolute Gasteiger partial charge is 0.465 e. The molecule has 0 aliphatic rings. The van der Waals surface area contributed by atoms with E-state index >= 15 is 0 Å². The molecule has 0 N–H and O–H groups in total. The Kier molecular flexibility index (Phi) is 5.90. The Labute approximate surface area is 68.9 Å². The van der Waals surface area contributed by atoms with Gasteiger partial charge in [-0.3, -0.25) is 4.79 Å². The molecule has 0 saturated carbocycles. The Morgan fingerprint density at radius 1 is 1.64 bits per heavy atom. The minimum absolute atomic E-state index is 0.0857. The summed E-state index contributed by atoms with van der Waals surface area (Å²) < 4.78 is 4.87. The third kappa shape index (κ3) is 5.89. The average Bonchev–Trinajstić information content (AvgIpc) is 2.00. The van der Waals surface area contributed by atoms with Crippen LogP contribution >= 0.6 is 0 Å². The first kappa shape index (κ1) is 10.5. The highest BCUT2D eigenvalue weighted by Crippen LogP contribution is 2.06. The van der Waals surface area contributed by atoms with Crippen molar-refractivity contribution in [1.82, 2.24) is 0 Å².